The van der Waals surface area contributed by atoms with Crippen molar-refractivity contribution < 1.29 is 9.53 Å². The van der Waals surface area contributed by atoms with Crippen LogP contribution in [0.15, 0.2) is 18.2 Å². The Morgan fingerprint density at radius 1 is 1.14 bits per heavy atom. The van der Waals surface area contributed by atoms with Crippen LogP contribution in [0.4, 0.5) is 0 Å². The minimum atomic E-state index is 0.406. The van der Waals surface area contributed by atoms with Gasteiger partial charge in [0, 0.05) is 26.1 Å². The number of benzene rings is 1. The third-order valence-corrected chi connectivity index (χ3v) is 4.88. The third-order valence-electron chi connectivity index (χ3n) is 4.88. The topological polar surface area (TPSA) is 26.3 Å². The summed E-state index contributed by atoms with van der Waals surface area (Å²) in [7, 11) is 0. The Kier molecular flexibility index (Phi) is 5.08. The first-order valence-corrected chi connectivity index (χ1v) is 8.51. The molecule has 0 amide bonds. The molecule has 0 N–H and O–H groups in total. The second-order valence-electron chi connectivity index (χ2n) is 6.64. The Bertz CT molecular complexity index is 486. The predicted molar refractivity (Wildman–Crippen MR) is 84.6 cm³/mol. The summed E-state index contributed by atoms with van der Waals surface area (Å²) in [6.45, 7) is 1.66. The first kappa shape index (κ1) is 14.8. The van der Waals surface area contributed by atoms with Crippen molar-refractivity contribution in [2.45, 2.75) is 57.8 Å². The molecule has 0 unspecified atom stereocenters. The molecule has 0 spiro atoms. The maximum Gasteiger partial charge on any atom is 0.133 e. The van der Waals surface area contributed by atoms with Gasteiger partial charge in [0.05, 0.1) is 0 Å². The molecule has 1 fully saturated rings. The Balaban J connectivity index is 1.49. The van der Waals surface area contributed by atoms with Crippen molar-refractivity contribution in [2.24, 2.45) is 5.92 Å². The number of Topliss-reactive ketones (excluding diaryl/α,β-unsaturated/α-hetero) is 1. The molecular formula is C19H26O2. The number of carbonyl (C=O) groups is 1. The van der Waals surface area contributed by atoms with Crippen LogP contribution in [0.3, 0.4) is 0 Å². The number of ketones is 1. The van der Waals surface area contributed by atoms with E-state index in [0.717, 1.165) is 32.5 Å². The van der Waals surface area contributed by atoms with Crippen molar-refractivity contribution in [1.29, 1.82) is 0 Å². The fourth-order valence-corrected chi connectivity index (χ4v) is 3.62. The van der Waals surface area contributed by atoms with Gasteiger partial charge in [0.25, 0.3) is 0 Å². The van der Waals surface area contributed by atoms with Crippen LogP contribution in [0.2, 0.25) is 0 Å². The number of carbonyl (C=O) groups excluding carboxylic acids is 1. The van der Waals surface area contributed by atoms with E-state index in [0.29, 0.717) is 24.5 Å². The summed E-state index contributed by atoms with van der Waals surface area (Å²) in [5.41, 5.74) is 4.38. The van der Waals surface area contributed by atoms with Gasteiger partial charge in [0.1, 0.15) is 5.78 Å². The molecule has 0 radical (unpaired) electrons. The zero-order valence-corrected chi connectivity index (χ0v) is 12.9. The molecule has 114 valence electrons. The number of hydrogen-bond donors (Lipinski definition) is 0. The van der Waals surface area contributed by atoms with E-state index in [1.165, 1.54) is 42.4 Å². The van der Waals surface area contributed by atoms with Gasteiger partial charge in [-0.05, 0) is 67.6 Å². The van der Waals surface area contributed by atoms with E-state index in [-0.39, 0.29) is 0 Å². The molecule has 1 heterocycles. The van der Waals surface area contributed by atoms with Gasteiger partial charge in [-0.2, -0.15) is 0 Å². The molecule has 1 aromatic carbocycles. The van der Waals surface area contributed by atoms with Crippen LogP contribution < -0.4 is 0 Å². The highest BCUT2D eigenvalue weighted by Crippen LogP contribution is 2.23. The number of ether oxygens (including phenoxy) is 1. The number of hydrogen-bond acceptors (Lipinski definition) is 2. The summed E-state index contributed by atoms with van der Waals surface area (Å²) in [4.78, 5) is 12.1. The van der Waals surface area contributed by atoms with Gasteiger partial charge in [-0.15, -0.1) is 0 Å². The van der Waals surface area contributed by atoms with Crippen LogP contribution in [0.25, 0.3) is 0 Å². The lowest BCUT2D eigenvalue weighted by atomic mass is 9.89. The van der Waals surface area contributed by atoms with Gasteiger partial charge in [-0.1, -0.05) is 18.2 Å². The molecule has 3 rings (SSSR count). The van der Waals surface area contributed by atoms with Gasteiger partial charge in [0.15, 0.2) is 0 Å². The van der Waals surface area contributed by atoms with Gasteiger partial charge in [0.2, 0.25) is 0 Å². The summed E-state index contributed by atoms with van der Waals surface area (Å²) in [6, 6.07) is 6.84. The first-order chi connectivity index (χ1) is 10.3. The lowest BCUT2D eigenvalue weighted by Crippen LogP contribution is -2.20. The highest BCUT2D eigenvalue weighted by Gasteiger charge is 2.17. The molecule has 0 aromatic heterocycles. The Morgan fingerprint density at radius 3 is 2.81 bits per heavy atom. The van der Waals surface area contributed by atoms with E-state index in [9.17, 15) is 4.79 Å². The predicted octanol–water partition coefficient (Wildman–Crippen LogP) is 3.88. The molecule has 2 heteroatoms. The molecule has 0 bridgehead atoms. The minimum absolute atomic E-state index is 0.406. The molecule has 1 atom stereocenters. The summed E-state index contributed by atoms with van der Waals surface area (Å²) in [5, 5.41) is 0. The number of rotatable bonds is 5. The SMILES string of the molecule is O=C(CCc1ccc2c(c1)CCCC2)C[C@H]1CCCOC1. The highest BCUT2D eigenvalue weighted by molar-refractivity contribution is 5.78. The molecule has 0 saturated carbocycles. The van der Waals surface area contributed by atoms with E-state index in [1.807, 2.05) is 0 Å². The zero-order valence-electron chi connectivity index (χ0n) is 12.9. The van der Waals surface area contributed by atoms with Crippen molar-refractivity contribution in [1.82, 2.24) is 0 Å². The molecule has 1 aromatic rings. The standard InChI is InChI=1S/C19H26O2/c20-19(13-16-4-3-11-21-14-16)10-8-15-7-9-17-5-1-2-6-18(17)12-15/h7,9,12,16H,1-6,8,10-11,13-14H2/t16-/m1/s1. The molecule has 1 aliphatic carbocycles. The molecule has 1 saturated heterocycles. The summed E-state index contributed by atoms with van der Waals surface area (Å²) < 4.78 is 5.46. The van der Waals surface area contributed by atoms with Crippen LogP contribution in [0.5, 0.6) is 0 Å². The van der Waals surface area contributed by atoms with E-state index >= 15 is 0 Å². The maximum atomic E-state index is 12.1. The average molecular weight is 286 g/mol. The summed E-state index contributed by atoms with van der Waals surface area (Å²) in [5.74, 6) is 0.873. The molecule has 1 aliphatic heterocycles. The monoisotopic (exact) mass is 286 g/mol. The van der Waals surface area contributed by atoms with Crippen LogP contribution >= 0.6 is 0 Å². The van der Waals surface area contributed by atoms with Gasteiger partial charge in [-0.25, -0.2) is 0 Å². The van der Waals surface area contributed by atoms with E-state index in [2.05, 4.69) is 18.2 Å². The van der Waals surface area contributed by atoms with Crippen molar-refractivity contribution in [3.05, 3.63) is 34.9 Å². The fourth-order valence-electron chi connectivity index (χ4n) is 3.62. The maximum absolute atomic E-state index is 12.1. The Morgan fingerprint density at radius 2 is 2.00 bits per heavy atom. The van der Waals surface area contributed by atoms with Crippen molar-refractivity contribution >= 4 is 5.78 Å². The van der Waals surface area contributed by atoms with Crippen molar-refractivity contribution in [3.63, 3.8) is 0 Å². The lowest BCUT2D eigenvalue weighted by Gasteiger charge is -2.21. The summed E-state index contributed by atoms with van der Waals surface area (Å²) in [6.07, 6.45) is 9.67. The third kappa shape index (κ3) is 4.16. The first-order valence-electron chi connectivity index (χ1n) is 8.51. The van der Waals surface area contributed by atoms with Gasteiger partial charge < -0.3 is 4.74 Å². The van der Waals surface area contributed by atoms with Crippen molar-refractivity contribution in [2.75, 3.05) is 13.2 Å². The summed E-state index contributed by atoms with van der Waals surface area (Å²) >= 11 is 0. The molecular weight excluding hydrogens is 260 g/mol. The van der Waals surface area contributed by atoms with Crippen LogP contribution in [-0.2, 0) is 28.8 Å². The van der Waals surface area contributed by atoms with Crippen LogP contribution in [0.1, 0.15) is 55.2 Å². The normalized spacial score (nSPS) is 21.8. The average Bonchev–Trinajstić information content (AvgIpc) is 2.54. The molecule has 2 aliphatic rings. The second-order valence-corrected chi connectivity index (χ2v) is 6.64. The van der Waals surface area contributed by atoms with Gasteiger partial charge in [-0.3, -0.25) is 4.79 Å². The number of fused-ring (bicyclic) bond motifs is 1. The Labute approximate surface area is 127 Å². The zero-order chi connectivity index (χ0) is 14.5. The Hall–Kier alpha value is -1.15. The van der Waals surface area contributed by atoms with Crippen LogP contribution in [0, 0.1) is 5.92 Å². The minimum Gasteiger partial charge on any atom is -0.381 e. The second kappa shape index (κ2) is 7.22. The van der Waals surface area contributed by atoms with Crippen LogP contribution in [-0.4, -0.2) is 19.0 Å². The largest absolute Gasteiger partial charge is 0.381 e. The van der Waals surface area contributed by atoms with Gasteiger partial charge >= 0.3 is 0 Å². The molecule has 2 nitrogen and oxygen atoms in total. The van der Waals surface area contributed by atoms with E-state index < -0.39 is 0 Å². The molecule has 21 heavy (non-hydrogen) atoms. The number of aryl methyl sites for hydroxylation is 3. The fraction of sp³-hybridized carbons (Fsp3) is 0.632. The highest BCUT2D eigenvalue weighted by atomic mass is 16.5. The quantitative estimate of drug-likeness (QED) is 0.821. The van der Waals surface area contributed by atoms with Crippen molar-refractivity contribution in [3.8, 4) is 0 Å². The smallest absolute Gasteiger partial charge is 0.133 e. The lowest BCUT2D eigenvalue weighted by molar-refractivity contribution is -0.121. The van der Waals surface area contributed by atoms with E-state index in [4.69, 9.17) is 4.74 Å². The van der Waals surface area contributed by atoms with E-state index in [1.54, 1.807) is 0 Å².